The molecule has 3 heterocycles. The molecule has 2 aromatic heterocycles. The minimum absolute atomic E-state index is 0.0503. The Labute approximate surface area is 225 Å². The largest absolute Gasteiger partial charge is 0.397 e. The van der Waals surface area contributed by atoms with E-state index in [4.69, 9.17) is 11.6 Å². The van der Waals surface area contributed by atoms with E-state index in [1.54, 1.807) is 30.7 Å². The summed E-state index contributed by atoms with van der Waals surface area (Å²) in [5.41, 5.74) is 11.8. The summed E-state index contributed by atoms with van der Waals surface area (Å²) in [7, 11) is 2.13. The first-order chi connectivity index (χ1) is 18.0. The zero-order chi connectivity index (χ0) is 27.4. The van der Waals surface area contributed by atoms with E-state index >= 15 is 0 Å². The van der Waals surface area contributed by atoms with Crippen molar-refractivity contribution in [1.82, 2.24) is 14.9 Å². The van der Waals surface area contributed by atoms with Gasteiger partial charge in [0.25, 0.3) is 5.91 Å². The molecule has 1 aromatic carbocycles. The lowest BCUT2D eigenvalue weighted by atomic mass is 9.88. The molecule has 1 saturated heterocycles. The van der Waals surface area contributed by atoms with Gasteiger partial charge in [-0.05, 0) is 60.8 Å². The lowest BCUT2D eigenvalue weighted by molar-refractivity contribution is 0.102. The second-order valence-electron chi connectivity index (χ2n) is 10.8. The highest BCUT2D eigenvalue weighted by Gasteiger charge is 2.17. The molecule has 4 rings (SSSR count). The Bertz CT molecular complexity index is 1320. The molecular formula is C29H38N8O. The average molecular weight is 515 g/mol. The number of hydrazine groups is 1. The number of nitrogens with zero attached hydrogens (tertiary/aromatic N) is 5. The number of nitrogens with two attached hydrogens (primary N) is 2. The third-order valence-electron chi connectivity index (χ3n) is 6.82. The van der Waals surface area contributed by atoms with Crippen molar-refractivity contribution in [2.24, 2.45) is 11.6 Å². The molecule has 0 saturated carbocycles. The van der Waals surface area contributed by atoms with Crippen LogP contribution in [-0.4, -0.2) is 54.0 Å². The van der Waals surface area contributed by atoms with Crippen molar-refractivity contribution in [2.75, 3.05) is 48.5 Å². The van der Waals surface area contributed by atoms with Crippen molar-refractivity contribution in [2.45, 2.75) is 33.1 Å². The summed E-state index contributed by atoms with van der Waals surface area (Å²) in [6.45, 7) is 12.2. The summed E-state index contributed by atoms with van der Waals surface area (Å²) in [6, 6.07) is 11.3. The van der Waals surface area contributed by atoms with Gasteiger partial charge in [-0.3, -0.25) is 14.8 Å². The van der Waals surface area contributed by atoms with Crippen molar-refractivity contribution >= 4 is 28.8 Å². The summed E-state index contributed by atoms with van der Waals surface area (Å²) >= 11 is 0. The fourth-order valence-electron chi connectivity index (χ4n) is 4.30. The number of pyridine rings is 2. The number of carbonyl (C=O) groups excluding carboxylic acids is 1. The fourth-order valence-corrected chi connectivity index (χ4v) is 4.30. The first-order valence-corrected chi connectivity index (χ1v) is 12.8. The van der Waals surface area contributed by atoms with Crippen LogP contribution in [0.25, 0.3) is 5.70 Å². The summed E-state index contributed by atoms with van der Waals surface area (Å²) in [5.74, 6) is 6.66. The number of piperazine rings is 1. The molecule has 5 N–H and O–H groups in total. The first-order valence-electron chi connectivity index (χ1n) is 12.8. The molecule has 0 atom stereocenters. The fraction of sp³-hybridized carbons (Fsp3) is 0.345. The molecule has 0 radical (unpaired) electrons. The van der Waals surface area contributed by atoms with E-state index in [1.807, 2.05) is 37.4 Å². The second kappa shape index (κ2) is 11.2. The number of hydrogen-bond acceptors (Lipinski definition) is 8. The Morgan fingerprint density at radius 2 is 1.79 bits per heavy atom. The van der Waals surface area contributed by atoms with Crippen LogP contribution in [-0.2, 0) is 5.41 Å². The lowest BCUT2D eigenvalue weighted by Crippen LogP contribution is -2.44. The highest BCUT2D eigenvalue weighted by Crippen LogP contribution is 2.25. The lowest BCUT2D eigenvalue weighted by Gasteiger charge is -2.34. The van der Waals surface area contributed by atoms with Gasteiger partial charge in [0, 0.05) is 55.9 Å². The third kappa shape index (κ3) is 6.48. The van der Waals surface area contributed by atoms with Crippen LogP contribution in [0.3, 0.4) is 0 Å². The van der Waals surface area contributed by atoms with Crippen molar-refractivity contribution in [1.29, 1.82) is 0 Å². The van der Waals surface area contributed by atoms with Crippen LogP contribution in [0.4, 0.5) is 17.2 Å². The number of rotatable bonds is 6. The molecule has 0 bridgehead atoms. The molecule has 1 aliphatic rings. The van der Waals surface area contributed by atoms with Gasteiger partial charge >= 0.3 is 0 Å². The highest BCUT2D eigenvalue weighted by molar-refractivity contribution is 6.04. The normalized spacial score (nSPS) is 14.9. The number of aromatic nitrogens is 2. The number of likely N-dealkylation sites (N-methyl/N-ethyl adjacent to an activating group) is 1. The van der Waals surface area contributed by atoms with E-state index < -0.39 is 0 Å². The van der Waals surface area contributed by atoms with Gasteiger partial charge in [-0.1, -0.05) is 26.8 Å². The standard InChI is InChI=1S/C29H38N8O/c1-20-6-7-21(28(38)34-27-16-23(8-9-33-27)29(2,3)4)15-26(20)37(31)19-25(30)22-14-24(18-32-17-22)36-12-10-35(5)11-13-36/h6-9,14-19H,10-13,30-31H2,1-5H3,(H,33,34,38)/b25-19-. The van der Waals surface area contributed by atoms with Crippen LogP contribution in [0.2, 0.25) is 0 Å². The van der Waals surface area contributed by atoms with Crippen LogP contribution >= 0.6 is 0 Å². The number of nitrogens with one attached hydrogen (secondary N) is 1. The van der Waals surface area contributed by atoms with Gasteiger partial charge in [-0.2, -0.15) is 0 Å². The summed E-state index contributed by atoms with van der Waals surface area (Å²) in [4.78, 5) is 26.4. The predicted octanol–water partition coefficient (Wildman–Crippen LogP) is 3.72. The van der Waals surface area contributed by atoms with E-state index in [0.717, 1.165) is 48.6 Å². The molecule has 0 aliphatic carbocycles. The van der Waals surface area contributed by atoms with Crippen molar-refractivity contribution < 1.29 is 4.79 Å². The molecule has 3 aromatic rings. The zero-order valence-corrected chi connectivity index (χ0v) is 22.9. The molecule has 0 spiro atoms. The maximum absolute atomic E-state index is 13.0. The molecule has 1 aliphatic heterocycles. The summed E-state index contributed by atoms with van der Waals surface area (Å²) in [6.07, 6.45) is 6.96. The van der Waals surface area contributed by atoms with Gasteiger partial charge < -0.3 is 20.9 Å². The first kappa shape index (κ1) is 27.1. The number of amides is 1. The Morgan fingerprint density at radius 1 is 1.05 bits per heavy atom. The monoisotopic (exact) mass is 514 g/mol. The molecule has 1 amide bonds. The Balaban J connectivity index is 1.51. The Hall–Kier alpha value is -3.95. The highest BCUT2D eigenvalue weighted by atomic mass is 16.1. The minimum atomic E-state index is -0.265. The van der Waals surface area contributed by atoms with Gasteiger partial charge in [0.05, 0.1) is 23.3 Å². The molecule has 9 nitrogen and oxygen atoms in total. The zero-order valence-electron chi connectivity index (χ0n) is 22.9. The van der Waals surface area contributed by atoms with Crippen molar-refractivity contribution in [3.63, 3.8) is 0 Å². The van der Waals surface area contributed by atoms with Gasteiger partial charge in [0.15, 0.2) is 0 Å². The minimum Gasteiger partial charge on any atom is -0.397 e. The van der Waals surface area contributed by atoms with Crippen molar-refractivity contribution in [3.8, 4) is 0 Å². The molecular weight excluding hydrogens is 476 g/mol. The van der Waals surface area contributed by atoms with Gasteiger partial charge in [-0.25, -0.2) is 10.8 Å². The number of aryl methyl sites for hydroxylation is 1. The van der Waals surface area contributed by atoms with E-state index in [-0.39, 0.29) is 11.3 Å². The molecule has 38 heavy (non-hydrogen) atoms. The van der Waals surface area contributed by atoms with Gasteiger partial charge in [-0.15, -0.1) is 0 Å². The Morgan fingerprint density at radius 3 is 2.50 bits per heavy atom. The van der Waals surface area contributed by atoms with E-state index in [2.05, 4.69) is 52.9 Å². The smallest absolute Gasteiger partial charge is 0.256 e. The predicted molar refractivity (Wildman–Crippen MR) is 155 cm³/mol. The van der Waals surface area contributed by atoms with Crippen LogP contribution in [0.1, 0.15) is 47.8 Å². The molecule has 0 unspecified atom stereocenters. The molecule has 1 fully saturated rings. The maximum Gasteiger partial charge on any atom is 0.256 e. The van der Waals surface area contributed by atoms with Crippen LogP contribution in [0.15, 0.2) is 61.2 Å². The average Bonchev–Trinajstić information content (AvgIpc) is 2.89. The van der Waals surface area contributed by atoms with Crippen LogP contribution in [0.5, 0.6) is 0 Å². The number of carbonyl (C=O) groups is 1. The number of benzene rings is 1. The van der Waals surface area contributed by atoms with Gasteiger partial charge in [0.2, 0.25) is 0 Å². The molecule has 9 heteroatoms. The number of anilines is 3. The van der Waals surface area contributed by atoms with Crippen molar-refractivity contribution in [3.05, 3.63) is 83.4 Å². The quantitative estimate of drug-likeness (QED) is 0.337. The molecule has 200 valence electrons. The van der Waals surface area contributed by atoms with E-state index in [9.17, 15) is 4.79 Å². The summed E-state index contributed by atoms with van der Waals surface area (Å²) < 4.78 is 0. The van der Waals surface area contributed by atoms with E-state index in [1.165, 1.54) is 5.01 Å². The van der Waals surface area contributed by atoms with Crippen LogP contribution < -0.4 is 26.8 Å². The second-order valence-corrected chi connectivity index (χ2v) is 10.8. The third-order valence-corrected chi connectivity index (χ3v) is 6.82. The van der Waals surface area contributed by atoms with Gasteiger partial charge in [0.1, 0.15) is 5.82 Å². The summed E-state index contributed by atoms with van der Waals surface area (Å²) in [5, 5.41) is 4.34. The number of hydrogen-bond donors (Lipinski definition) is 3. The Kier molecular flexibility index (Phi) is 7.99. The maximum atomic E-state index is 13.0. The SMILES string of the molecule is Cc1ccc(C(=O)Nc2cc(C(C)(C)C)ccn2)cc1N(N)/C=C(\N)c1cncc(N2CCN(C)CC2)c1. The van der Waals surface area contributed by atoms with E-state index in [0.29, 0.717) is 22.8 Å². The topological polar surface area (TPSA) is 117 Å². The van der Waals surface area contributed by atoms with Crippen LogP contribution in [0, 0.1) is 6.92 Å².